The van der Waals surface area contributed by atoms with Crippen molar-refractivity contribution < 1.29 is 4.74 Å². The first-order valence-corrected chi connectivity index (χ1v) is 10.4. The van der Waals surface area contributed by atoms with Crippen LogP contribution < -0.4 is 10.5 Å². The second kappa shape index (κ2) is 8.10. The maximum absolute atomic E-state index is 9.07. The zero-order valence-corrected chi connectivity index (χ0v) is 17.4. The van der Waals surface area contributed by atoms with E-state index in [1.165, 1.54) is 0 Å². The van der Waals surface area contributed by atoms with E-state index in [0.717, 1.165) is 43.5 Å². The van der Waals surface area contributed by atoms with Crippen LogP contribution in [0, 0.1) is 11.3 Å². The number of benzene rings is 2. The lowest BCUT2D eigenvalue weighted by Gasteiger charge is -2.38. The molecule has 7 heteroatoms. The van der Waals surface area contributed by atoms with E-state index in [1.807, 2.05) is 6.07 Å². The molecule has 2 aromatic carbocycles. The highest BCUT2D eigenvalue weighted by molar-refractivity contribution is 6.35. The monoisotopic (exact) mass is 435 g/mol. The third-order valence-electron chi connectivity index (χ3n) is 5.54. The molecule has 2 aromatic rings. The van der Waals surface area contributed by atoms with E-state index in [-0.39, 0.29) is 18.2 Å². The number of nitrogens with two attached hydrogens (primary N) is 1. The molecule has 28 heavy (non-hydrogen) atoms. The molecule has 1 aliphatic heterocycles. The van der Waals surface area contributed by atoms with Crippen molar-refractivity contribution in [1.82, 2.24) is 4.90 Å². The first-order chi connectivity index (χ1) is 13.5. The van der Waals surface area contributed by atoms with Gasteiger partial charge in [-0.3, -0.25) is 4.90 Å². The highest BCUT2D eigenvalue weighted by Gasteiger charge is 2.40. The molecule has 4 nitrogen and oxygen atoms in total. The summed E-state index contributed by atoms with van der Waals surface area (Å²) in [5.41, 5.74) is 8.77. The highest BCUT2D eigenvalue weighted by atomic mass is 35.5. The third-order valence-corrected chi connectivity index (χ3v) is 6.39. The van der Waals surface area contributed by atoms with Gasteiger partial charge < -0.3 is 10.5 Å². The van der Waals surface area contributed by atoms with Crippen LogP contribution in [0.25, 0.3) is 0 Å². The van der Waals surface area contributed by atoms with Gasteiger partial charge in [0.25, 0.3) is 0 Å². The SMILES string of the molecule is N#Cc1ccc(O[C@@H]2c3cc(Cl)cc(Cl)c3C[C@@H]2N2CCC[C@@H](N)C2)c(Cl)c1. The van der Waals surface area contributed by atoms with Crippen molar-refractivity contribution >= 4 is 34.8 Å². The second-order valence-corrected chi connectivity index (χ2v) is 8.67. The molecule has 146 valence electrons. The van der Waals surface area contributed by atoms with Gasteiger partial charge in [0.2, 0.25) is 0 Å². The van der Waals surface area contributed by atoms with Crippen LogP contribution in [0.15, 0.2) is 30.3 Å². The third kappa shape index (κ3) is 3.83. The van der Waals surface area contributed by atoms with Crippen LogP contribution >= 0.6 is 34.8 Å². The summed E-state index contributed by atoms with van der Waals surface area (Å²) in [6.45, 7) is 1.80. The van der Waals surface area contributed by atoms with Crippen molar-refractivity contribution in [3.05, 3.63) is 62.1 Å². The summed E-state index contributed by atoms with van der Waals surface area (Å²) in [6, 6.07) is 11.1. The molecule has 0 spiro atoms. The molecule has 2 N–H and O–H groups in total. The van der Waals surface area contributed by atoms with Gasteiger partial charge >= 0.3 is 0 Å². The van der Waals surface area contributed by atoms with Gasteiger partial charge in [-0.2, -0.15) is 5.26 Å². The molecule has 1 fully saturated rings. The molecule has 0 aromatic heterocycles. The van der Waals surface area contributed by atoms with E-state index in [1.54, 1.807) is 24.3 Å². The van der Waals surface area contributed by atoms with Crippen LogP contribution in [0.5, 0.6) is 5.75 Å². The zero-order chi connectivity index (χ0) is 19.8. The highest BCUT2D eigenvalue weighted by Crippen LogP contribution is 2.44. The topological polar surface area (TPSA) is 62.3 Å². The van der Waals surface area contributed by atoms with Gasteiger partial charge in [-0.15, -0.1) is 0 Å². The van der Waals surface area contributed by atoms with E-state index in [2.05, 4.69) is 11.0 Å². The summed E-state index contributed by atoms with van der Waals surface area (Å²) in [5.74, 6) is 0.543. The van der Waals surface area contributed by atoms with Crippen molar-refractivity contribution in [2.24, 2.45) is 5.73 Å². The predicted molar refractivity (Wildman–Crippen MR) is 112 cm³/mol. The van der Waals surface area contributed by atoms with Gasteiger partial charge in [0, 0.05) is 28.2 Å². The predicted octanol–water partition coefficient (Wildman–Crippen LogP) is 4.99. The van der Waals surface area contributed by atoms with Gasteiger partial charge in [-0.1, -0.05) is 34.8 Å². The van der Waals surface area contributed by atoms with E-state index in [4.69, 9.17) is 50.5 Å². The standard InChI is InChI=1S/C21H20Cl3N3O/c22-13-7-16-15(17(23)8-13)9-19(27-5-1-2-14(26)11-27)21(16)28-20-4-3-12(10-25)6-18(20)24/h3-4,6-8,14,19,21H,1-2,5,9,11,26H2/t14-,19+,21-/m1/s1. The normalized spacial score (nSPS) is 24.6. The summed E-state index contributed by atoms with van der Waals surface area (Å²) < 4.78 is 6.40. The number of halogens is 3. The molecule has 0 amide bonds. The Morgan fingerprint density at radius 2 is 1.96 bits per heavy atom. The fourth-order valence-electron chi connectivity index (χ4n) is 4.22. The first-order valence-electron chi connectivity index (χ1n) is 9.30. The Morgan fingerprint density at radius 1 is 1.14 bits per heavy atom. The number of nitriles is 1. The number of hydrogen-bond donors (Lipinski definition) is 1. The Morgan fingerprint density at radius 3 is 2.68 bits per heavy atom. The van der Waals surface area contributed by atoms with Gasteiger partial charge in [-0.05, 0) is 61.7 Å². The quantitative estimate of drug-likeness (QED) is 0.736. The van der Waals surface area contributed by atoms with E-state index in [0.29, 0.717) is 26.4 Å². The van der Waals surface area contributed by atoms with Crippen LogP contribution in [0.3, 0.4) is 0 Å². The molecule has 0 bridgehead atoms. The summed E-state index contributed by atoms with van der Waals surface area (Å²) in [6.07, 6.45) is 2.61. The summed E-state index contributed by atoms with van der Waals surface area (Å²) >= 11 is 19.2. The van der Waals surface area contributed by atoms with Gasteiger partial charge in [-0.25, -0.2) is 0 Å². The Bertz CT molecular complexity index is 943. The van der Waals surface area contributed by atoms with Gasteiger partial charge in [0.1, 0.15) is 11.9 Å². The van der Waals surface area contributed by atoms with Crippen molar-refractivity contribution in [3.8, 4) is 11.8 Å². The fraction of sp³-hybridized carbons (Fsp3) is 0.381. The van der Waals surface area contributed by atoms with Gasteiger partial charge in [0.05, 0.1) is 22.7 Å². The molecular formula is C21H20Cl3N3O. The molecule has 1 saturated heterocycles. The summed E-state index contributed by atoms with van der Waals surface area (Å²) in [5, 5.41) is 10.7. The molecule has 1 heterocycles. The largest absolute Gasteiger partial charge is 0.482 e. The first kappa shape index (κ1) is 19.8. The van der Waals surface area contributed by atoms with Crippen molar-refractivity contribution in [2.45, 2.75) is 37.5 Å². The Kier molecular flexibility index (Phi) is 5.73. The van der Waals surface area contributed by atoms with Crippen molar-refractivity contribution in [1.29, 1.82) is 5.26 Å². The van der Waals surface area contributed by atoms with E-state index in [9.17, 15) is 0 Å². The Hall–Kier alpha value is -1.48. The van der Waals surface area contributed by atoms with Crippen LogP contribution in [0.2, 0.25) is 15.1 Å². The second-order valence-electron chi connectivity index (χ2n) is 7.42. The maximum atomic E-state index is 9.07. The van der Waals surface area contributed by atoms with Crippen molar-refractivity contribution in [2.75, 3.05) is 13.1 Å². The van der Waals surface area contributed by atoms with E-state index < -0.39 is 0 Å². The van der Waals surface area contributed by atoms with Gasteiger partial charge in [0.15, 0.2) is 0 Å². The van der Waals surface area contributed by atoms with Crippen LogP contribution in [0.4, 0.5) is 0 Å². The molecule has 2 aliphatic rings. The lowest BCUT2D eigenvalue weighted by molar-refractivity contribution is 0.0594. The average Bonchev–Trinajstić information content (AvgIpc) is 3.02. The lowest BCUT2D eigenvalue weighted by Crippen LogP contribution is -2.49. The Balaban J connectivity index is 1.71. The lowest BCUT2D eigenvalue weighted by atomic mass is 10.0. The number of rotatable bonds is 3. The average molecular weight is 437 g/mol. The number of likely N-dealkylation sites (tertiary alicyclic amines) is 1. The minimum absolute atomic E-state index is 0.101. The molecule has 0 radical (unpaired) electrons. The molecule has 1 aliphatic carbocycles. The summed E-state index contributed by atoms with van der Waals surface area (Å²) in [4.78, 5) is 2.39. The zero-order valence-electron chi connectivity index (χ0n) is 15.2. The number of nitrogens with zero attached hydrogens (tertiary/aromatic N) is 2. The summed E-state index contributed by atoms with van der Waals surface area (Å²) in [7, 11) is 0. The van der Waals surface area contributed by atoms with Crippen LogP contribution in [-0.2, 0) is 6.42 Å². The minimum atomic E-state index is -0.262. The molecule has 4 rings (SSSR count). The number of ether oxygens (including phenoxy) is 1. The minimum Gasteiger partial charge on any atom is -0.482 e. The van der Waals surface area contributed by atoms with E-state index >= 15 is 0 Å². The smallest absolute Gasteiger partial charge is 0.140 e. The number of piperidine rings is 1. The number of fused-ring (bicyclic) bond motifs is 1. The van der Waals surface area contributed by atoms with Crippen LogP contribution in [-0.4, -0.2) is 30.1 Å². The Labute approximate surface area is 179 Å². The molecule has 0 unspecified atom stereocenters. The molecule has 3 atom stereocenters. The number of hydrogen-bond acceptors (Lipinski definition) is 4. The molecule has 0 saturated carbocycles. The fourth-order valence-corrected chi connectivity index (χ4v) is 5.03. The van der Waals surface area contributed by atoms with Crippen LogP contribution in [0.1, 0.15) is 35.6 Å². The maximum Gasteiger partial charge on any atom is 0.140 e. The molecular weight excluding hydrogens is 417 g/mol. The van der Waals surface area contributed by atoms with Crippen molar-refractivity contribution in [3.63, 3.8) is 0 Å².